The predicted molar refractivity (Wildman–Crippen MR) is 121 cm³/mol. The summed E-state index contributed by atoms with van der Waals surface area (Å²) in [7, 11) is 0. The van der Waals surface area contributed by atoms with Crippen LogP contribution >= 0.6 is 11.8 Å². The zero-order chi connectivity index (χ0) is 21.0. The summed E-state index contributed by atoms with van der Waals surface area (Å²) in [5, 5.41) is 3.10. The average Bonchev–Trinajstić information content (AvgIpc) is 2.95. The molecule has 29 heavy (non-hydrogen) atoms. The topological polar surface area (TPSA) is 61.8 Å². The molecular weight excluding hydrogens is 382 g/mol. The number of anilines is 1. The number of hydrogen-bond donors (Lipinski definition) is 1. The summed E-state index contributed by atoms with van der Waals surface area (Å²) >= 11 is 1.37. The Morgan fingerprint density at radius 2 is 1.76 bits per heavy atom. The molecular formula is C23H27N3O2S. The molecule has 1 aliphatic heterocycles. The number of carbonyl (C=O) groups excluding carboxylic acids is 2. The monoisotopic (exact) mass is 409 g/mol. The highest BCUT2D eigenvalue weighted by molar-refractivity contribution is 8.15. The Morgan fingerprint density at radius 3 is 2.34 bits per heavy atom. The second-order valence-corrected chi connectivity index (χ2v) is 8.40. The van der Waals surface area contributed by atoms with Gasteiger partial charge >= 0.3 is 0 Å². The van der Waals surface area contributed by atoms with Crippen LogP contribution in [0.5, 0.6) is 0 Å². The number of rotatable bonds is 6. The van der Waals surface area contributed by atoms with E-state index in [2.05, 4.69) is 18.3 Å². The number of benzene rings is 2. The summed E-state index contributed by atoms with van der Waals surface area (Å²) in [5.74, 6) is -0.221. The van der Waals surface area contributed by atoms with Gasteiger partial charge in [-0.2, -0.15) is 0 Å². The molecule has 0 radical (unpaired) electrons. The van der Waals surface area contributed by atoms with Crippen LogP contribution in [-0.2, 0) is 16.0 Å². The molecule has 1 aliphatic rings. The van der Waals surface area contributed by atoms with Gasteiger partial charge in [0.15, 0.2) is 5.17 Å². The maximum absolute atomic E-state index is 12.8. The average molecular weight is 410 g/mol. The molecule has 0 aliphatic carbocycles. The van der Waals surface area contributed by atoms with E-state index < -0.39 is 5.25 Å². The largest absolute Gasteiger partial charge is 0.326 e. The van der Waals surface area contributed by atoms with Gasteiger partial charge < -0.3 is 5.32 Å². The maximum atomic E-state index is 12.8. The molecule has 1 saturated heterocycles. The van der Waals surface area contributed by atoms with Crippen molar-refractivity contribution in [1.82, 2.24) is 4.90 Å². The number of nitrogens with one attached hydrogen (secondary N) is 1. The van der Waals surface area contributed by atoms with Crippen LogP contribution < -0.4 is 5.32 Å². The number of hydrogen-bond acceptors (Lipinski definition) is 4. The van der Waals surface area contributed by atoms with E-state index in [1.54, 1.807) is 4.90 Å². The summed E-state index contributed by atoms with van der Waals surface area (Å²) in [5.41, 5.74) is 5.06. The first-order chi connectivity index (χ1) is 13.9. The van der Waals surface area contributed by atoms with E-state index >= 15 is 0 Å². The summed E-state index contributed by atoms with van der Waals surface area (Å²) in [6.45, 7) is 8.61. The van der Waals surface area contributed by atoms with Gasteiger partial charge in [0.25, 0.3) is 0 Å². The molecule has 0 aromatic heterocycles. The van der Waals surface area contributed by atoms with Crippen molar-refractivity contribution in [3.63, 3.8) is 0 Å². The van der Waals surface area contributed by atoms with Crippen molar-refractivity contribution in [1.29, 1.82) is 0 Å². The van der Waals surface area contributed by atoms with Gasteiger partial charge in [0, 0.05) is 18.7 Å². The predicted octanol–water partition coefficient (Wildman–Crippen LogP) is 4.85. The molecule has 0 spiro atoms. The fourth-order valence-electron chi connectivity index (χ4n) is 3.35. The summed E-state index contributed by atoms with van der Waals surface area (Å²) in [6, 6.07) is 13.9. The van der Waals surface area contributed by atoms with Crippen LogP contribution in [0.25, 0.3) is 0 Å². The molecule has 2 amide bonds. The second-order valence-electron chi connectivity index (χ2n) is 7.23. The van der Waals surface area contributed by atoms with Gasteiger partial charge in [-0.25, -0.2) is 4.99 Å². The van der Waals surface area contributed by atoms with Crippen molar-refractivity contribution in [3.05, 3.63) is 59.2 Å². The fourth-order valence-corrected chi connectivity index (χ4v) is 4.57. The first-order valence-electron chi connectivity index (χ1n) is 9.93. The van der Waals surface area contributed by atoms with Crippen LogP contribution in [0.4, 0.5) is 11.4 Å². The zero-order valence-electron chi connectivity index (χ0n) is 17.4. The van der Waals surface area contributed by atoms with Crippen molar-refractivity contribution >= 4 is 40.1 Å². The number of aliphatic imine (C=N–C) groups is 1. The molecule has 3 rings (SSSR count). The zero-order valence-corrected chi connectivity index (χ0v) is 18.2. The van der Waals surface area contributed by atoms with Crippen molar-refractivity contribution in [2.75, 3.05) is 11.9 Å². The third-order valence-electron chi connectivity index (χ3n) is 4.78. The number of aryl methyl sites for hydroxylation is 3. The van der Waals surface area contributed by atoms with Crippen molar-refractivity contribution in [2.45, 2.75) is 45.8 Å². The molecule has 1 unspecified atom stereocenters. The molecule has 152 valence electrons. The Balaban J connectivity index is 1.70. The summed E-state index contributed by atoms with van der Waals surface area (Å²) < 4.78 is 0. The maximum Gasteiger partial charge on any atom is 0.242 e. The minimum atomic E-state index is -0.450. The van der Waals surface area contributed by atoms with Gasteiger partial charge in [-0.1, -0.05) is 36.9 Å². The molecule has 0 bridgehead atoms. The van der Waals surface area contributed by atoms with Gasteiger partial charge in [0.05, 0.1) is 5.69 Å². The number of amides is 2. The highest BCUT2D eigenvalue weighted by Crippen LogP contribution is 2.32. The van der Waals surface area contributed by atoms with E-state index in [1.165, 1.54) is 17.3 Å². The summed E-state index contributed by atoms with van der Waals surface area (Å²) in [6.07, 6.45) is 1.08. The molecule has 2 aromatic rings. The molecule has 1 heterocycles. The minimum absolute atomic E-state index is 0.0582. The Labute approximate surface area is 176 Å². The van der Waals surface area contributed by atoms with E-state index in [4.69, 9.17) is 4.99 Å². The lowest BCUT2D eigenvalue weighted by molar-refractivity contribution is -0.128. The fraction of sp³-hybridized carbons (Fsp3) is 0.348. The van der Waals surface area contributed by atoms with E-state index in [0.717, 1.165) is 28.9 Å². The van der Waals surface area contributed by atoms with Crippen LogP contribution in [-0.4, -0.2) is 33.7 Å². The highest BCUT2D eigenvalue weighted by Gasteiger charge is 2.38. The smallest absolute Gasteiger partial charge is 0.242 e. The molecule has 1 N–H and O–H groups in total. The Bertz CT molecular complexity index is 917. The first-order valence-corrected chi connectivity index (χ1v) is 10.8. The third kappa shape index (κ3) is 5.26. The van der Waals surface area contributed by atoms with E-state index in [1.807, 2.05) is 57.2 Å². The molecule has 2 aromatic carbocycles. The molecule has 0 saturated carbocycles. The Kier molecular flexibility index (Phi) is 6.75. The van der Waals surface area contributed by atoms with E-state index in [-0.39, 0.29) is 18.2 Å². The van der Waals surface area contributed by atoms with Crippen LogP contribution in [0.1, 0.15) is 37.0 Å². The van der Waals surface area contributed by atoms with Gasteiger partial charge in [0.2, 0.25) is 11.8 Å². The van der Waals surface area contributed by atoms with Gasteiger partial charge in [-0.15, -0.1) is 0 Å². The second kappa shape index (κ2) is 9.27. The molecule has 6 heteroatoms. The van der Waals surface area contributed by atoms with Crippen molar-refractivity contribution in [2.24, 2.45) is 4.99 Å². The first kappa shape index (κ1) is 21.1. The van der Waals surface area contributed by atoms with Crippen LogP contribution in [0.2, 0.25) is 0 Å². The van der Waals surface area contributed by atoms with Crippen LogP contribution in [0.15, 0.2) is 47.5 Å². The van der Waals surface area contributed by atoms with E-state index in [9.17, 15) is 9.59 Å². The van der Waals surface area contributed by atoms with Crippen LogP contribution in [0.3, 0.4) is 0 Å². The molecule has 5 nitrogen and oxygen atoms in total. The van der Waals surface area contributed by atoms with Crippen molar-refractivity contribution < 1.29 is 9.59 Å². The van der Waals surface area contributed by atoms with E-state index in [0.29, 0.717) is 11.7 Å². The number of thioether (sulfide) groups is 1. The third-order valence-corrected chi connectivity index (χ3v) is 5.96. The lowest BCUT2D eigenvalue weighted by Gasteiger charge is -2.13. The molecule has 1 fully saturated rings. The quantitative estimate of drug-likeness (QED) is 0.742. The number of amidine groups is 1. The summed E-state index contributed by atoms with van der Waals surface area (Å²) in [4.78, 5) is 31.6. The van der Waals surface area contributed by atoms with Crippen molar-refractivity contribution in [3.8, 4) is 0 Å². The Hall–Kier alpha value is -2.60. The standard InChI is InChI=1S/C23H27N3O2S/c1-5-17-7-9-18(10-8-17)24-21(27)14-20-22(28)26(6-2)23(29-20)25-19-12-15(3)11-16(4)13-19/h7-13,20H,5-6,14H2,1-4H3,(H,24,27). The van der Waals surface area contributed by atoms with Gasteiger partial charge in [-0.3, -0.25) is 14.5 Å². The highest BCUT2D eigenvalue weighted by atomic mass is 32.2. The normalized spacial score (nSPS) is 17.8. The SMILES string of the molecule is CCc1ccc(NC(=O)CC2SC(=Nc3cc(C)cc(C)c3)N(CC)C2=O)cc1. The van der Waals surface area contributed by atoms with Crippen LogP contribution in [0, 0.1) is 13.8 Å². The van der Waals surface area contributed by atoms with Gasteiger partial charge in [0.1, 0.15) is 5.25 Å². The Morgan fingerprint density at radius 1 is 1.10 bits per heavy atom. The number of carbonyl (C=O) groups is 2. The van der Waals surface area contributed by atoms with Gasteiger partial charge in [-0.05, 0) is 68.1 Å². The number of nitrogens with zero attached hydrogens (tertiary/aromatic N) is 2. The lowest BCUT2D eigenvalue weighted by Crippen LogP contribution is -2.33. The molecule has 1 atom stereocenters. The lowest BCUT2D eigenvalue weighted by atomic mass is 10.1. The minimum Gasteiger partial charge on any atom is -0.326 e.